The molecule has 1 aromatic carbocycles. The van der Waals surface area contributed by atoms with E-state index in [4.69, 9.17) is 16.3 Å². The van der Waals surface area contributed by atoms with Gasteiger partial charge >= 0.3 is 0 Å². The third kappa shape index (κ3) is 4.18. The standard InChI is InChI=1S/C18H25ClN2O2/c1-14-12-15(19)2-3-18(14)23-17-6-10-21(11-7-17)16-4-8-20(13-22)9-5-16/h2-3,12-13,16-17H,4-11H2,1H3. The van der Waals surface area contributed by atoms with E-state index in [2.05, 4.69) is 4.90 Å². The average Bonchev–Trinajstić information content (AvgIpc) is 2.58. The molecule has 23 heavy (non-hydrogen) atoms. The smallest absolute Gasteiger partial charge is 0.209 e. The predicted molar refractivity (Wildman–Crippen MR) is 92.1 cm³/mol. The normalized spacial score (nSPS) is 21.4. The summed E-state index contributed by atoms with van der Waals surface area (Å²) in [5.41, 5.74) is 1.10. The van der Waals surface area contributed by atoms with Crippen molar-refractivity contribution in [1.82, 2.24) is 9.80 Å². The second kappa shape index (κ2) is 7.54. The number of halogens is 1. The predicted octanol–water partition coefficient (Wildman–Crippen LogP) is 3.11. The number of amides is 1. The van der Waals surface area contributed by atoms with Crippen LogP contribution in [0.15, 0.2) is 18.2 Å². The van der Waals surface area contributed by atoms with Crippen molar-refractivity contribution in [3.63, 3.8) is 0 Å². The number of nitrogens with zero attached hydrogens (tertiary/aromatic N) is 2. The number of ether oxygens (including phenoxy) is 1. The zero-order valence-corrected chi connectivity index (χ0v) is 14.5. The van der Waals surface area contributed by atoms with Crippen molar-refractivity contribution in [1.29, 1.82) is 0 Å². The molecular formula is C18H25ClN2O2. The molecule has 0 N–H and O–H groups in total. The molecule has 2 aliphatic rings. The van der Waals surface area contributed by atoms with Crippen LogP contribution in [0.1, 0.15) is 31.2 Å². The lowest BCUT2D eigenvalue weighted by molar-refractivity contribution is -0.119. The highest BCUT2D eigenvalue weighted by Gasteiger charge is 2.28. The summed E-state index contributed by atoms with van der Waals surface area (Å²) in [4.78, 5) is 15.3. The van der Waals surface area contributed by atoms with Crippen LogP contribution in [-0.2, 0) is 4.79 Å². The van der Waals surface area contributed by atoms with E-state index in [1.807, 2.05) is 30.0 Å². The first kappa shape index (κ1) is 16.6. The van der Waals surface area contributed by atoms with Gasteiger partial charge in [-0.05, 0) is 56.4 Å². The molecule has 5 heteroatoms. The van der Waals surface area contributed by atoms with Crippen LogP contribution < -0.4 is 4.74 Å². The van der Waals surface area contributed by atoms with Gasteiger partial charge in [-0.25, -0.2) is 0 Å². The number of carbonyl (C=O) groups excluding carboxylic acids is 1. The van der Waals surface area contributed by atoms with Crippen molar-refractivity contribution in [2.75, 3.05) is 26.2 Å². The molecule has 0 unspecified atom stereocenters. The highest BCUT2D eigenvalue weighted by Crippen LogP contribution is 2.27. The van der Waals surface area contributed by atoms with Gasteiger partial charge in [-0.15, -0.1) is 0 Å². The Morgan fingerprint density at radius 2 is 1.83 bits per heavy atom. The summed E-state index contributed by atoms with van der Waals surface area (Å²) in [5.74, 6) is 0.951. The van der Waals surface area contributed by atoms with Gasteiger partial charge in [-0.2, -0.15) is 0 Å². The van der Waals surface area contributed by atoms with Crippen LogP contribution in [0.4, 0.5) is 0 Å². The van der Waals surface area contributed by atoms with Crippen LogP contribution in [-0.4, -0.2) is 54.5 Å². The molecule has 0 radical (unpaired) electrons. The minimum Gasteiger partial charge on any atom is -0.490 e. The number of benzene rings is 1. The molecular weight excluding hydrogens is 312 g/mol. The fourth-order valence-corrected chi connectivity index (χ4v) is 3.87. The third-order valence-corrected chi connectivity index (χ3v) is 5.31. The van der Waals surface area contributed by atoms with Gasteiger partial charge in [0.15, 0.2) is 0 Å². The van der Waals surface area contributed by atoms with Gasteiger partial charge in [0.2, 0.25) is 6.41 Å². The van der Waals surface area contributed by atoms with Gasteiger partial charge in [0.25, 0.3) is 0 Å². The molecule has 2 fully saturated rings. The topological polar surface area (TPSA) is 32.8 Å². The number of rotatable bonds is 4. The van der Waals surface area contributed by atoms with Crippen LogP contribution in [0, 0.1) is 6.92 Å². The molecule has 2 saturated heterocycles. The molecule has 3 rings (SSSR count). The van der Waals surface area contributed by atoms with Crippen molar-refractivity contribution in [2.45, 2.75) is 44.8 Å². The number of aryl methyl sites for hydroxylation is 1. The van der Waals surface area contributed by atoms with Gasteiger partial charge < -0.3 is 9.64 Å². The zero-order valence-electron chi connectivity index (χ0n) is 13.7. The van der Waals surface area contributed by atoms with E-state index in [0.29, 0.717) is 12.1 Å². The van der Waals surface area contributed by atoms with Crippen molar-refractivity contribution >= 4 is 18.0 Å². The summed E-state index contributed by atoms with van der Waals surface area (Å²) in [5, 5.41) is 0.756. The molecule has 1 aromatic rings. The monoisotopic (exact) mass is 336 g/mol. The average molecular weight is 337 g/mol. The Kier molecular flexibility index (Phi) is 5.44. The summed E-state index contributed by atoms with van der Waals surface area (Å²) < 4.78 is 6.17. The maximum absolute atomic E-state index is 10.8. The lowest BCUT2D eigenvalue weighted by Gasteiger charge is -2.41. The molecule has 0 atom stereocenters. The maximum Gasteiger partial charge on any atom is 0.209 e. The Morgan fingerprint density at radius 3 is 2.43 bits per heavy atom. The molecule has 0 bridgehead atoms. The Morgan fingerprint density at radius 1 is 1.13 bits per heavy atom. The van der Waals surface area contributed by atoms with E-state index in [0.717, 1.165) is 74.6 Å². The minimum atomic E-state index is 0.293. The van der Waals surface area contributed by atoms with E-state index in [1.165, 1.54) is 0 Å². The van der Waals surface area contributed by atoms with Crippen molar-refractivity contribution in [3.8, 4) is 5.75 Å². The van der Waals surface area contributed by atoms with Gasteiger partial charge in [-0.3, -0.25) is 9.69 Å². The number of piperidine rings is 2. The van der Waals surface area contributed by atoms with Gasteiger partial charge in [-0.1, -0.05) is 11.6 Å². The lowest BCUT2D eigenvalue weighted by atomic mass is 9.99. The summed E-state index contributed by atoms with van der Waals surface area (Å²) in [6.07, 6.45) is 5.60. The molecule has 0 spiro atoms. The first-order valence-corrected chi connectivity index (χ1v) is 8.89. The summed E-state index contributed by atoms with van der Waals surface area (Å²) in [6, 6.07) is 6.44. The van der Waals surface area contributed by atoms with Crippen molar-refractivity contribution in [3.05, 3.63) is 28.8 Å². The number of hydrogen-bond acceptors (Lipinski definition) is 3. The zero-order chi connectivity index (χ0) is 16.2. The molecule has 0 aliphatic carbocycles. The van der Waals surface area contributed by atoms with E-state index >= 15 is 0 Å². The lowest BCUT2D eigenvalue weighted by Crippen LogP contribution is -2.48. The van der Waals surface area contributed by atoms with Crippen molar-refractivity contribution < 1.29 is 9.53 Å². The highest BCUT2D eigenvalue weighted by molar-refractivity contribution is 6.30. The van der Waals surface area contributed by atoms with Crippen LogP contribution in [0.2, 0.25) is 5.02 Å². The molecule has 1 amide bonds. The van der Waals surface area contributed by atoms with Gasteiger partial charge in [0, 0.05) is 37.2 Å². The number of hydrogen-bond donors (Lipinski definition) is 0. The number of likely N-dealkylation sites (tertiary alicyclic amines) is 2. The Labute approximate surface area is 143 Å². The second-order valence-electron chi connectivity index (χ2n) is 6.64. The molecule has 0 aromatic heterocycles. The quantitative estimate of drug-likeness (QED) is 0.792. The Bertz CT molecular complexity index is 536. The minimum absolute atomic E-state index is 0.293. The highest BCUT2D eigenvalue weighted by atomic mass is 35.5. The largest absolute Gasteiger partial charge is 0.490 e. The summed E-state index contributed by atoms with van der Waals surface area (Å²) >= 11 is 6.00. The number of carbonyl (C=O) groups is 1. The SMILES string of the molecule is Cc1cc(Cl)ccc1OC1CCN(C2CCN(C=O)CC2)CC1. The van der Waals surface area contributed by atoms with Gasteiger partial charge in [0.05, 0.1) is 0 Å². The first-order valence-electron chi connectivity index (χ1n) is 8.52. The first-order chi connectivity index (χ1) is 11.2. The molecule has 4 nitrogen and oxygen atoms in total. The molecule has 126 valence electrons. The Balaban J connectivity index is 1.48. The van der Waals surface area contributed by atoms with Crippen LogP contribution in [0.3, 0.4) is 0 Å². The van der Waals surface area contributed by atoms with E-state index in [9.17, 15) is 4.79 Å². The summed E-state index contributed by atoms with van der Waals surface area (Å²) in [6.45, 7) is 6.01. The van der Waals surface area contributed by atoms with Crippen LogP contribution in [0.25, 0.3) is 0 Å². The van der Waals surface area contributed by atoms with Crippen LogP contribution in [0.5, 0.6) is 5.75 Å². The molecule has 2 aliphatic heterocycles. The van der Waals surface area contributed by atoms with E-state index < -0.39 is 0 Å². The Hall–Kier alpha value is -1.26. The third-order valence-electron chi connectivity index (χ3n) is 5.07. The van der Waals surface area contributed by atoms with E-state index in [1.54, 1.807) is 0 Å². The fourth-order valence-electron chi connectivity index (χ4n) is 3.64. The maximum atomic E-state index is 10.8. The van der Waals surface area contributed by atoms with Crippen LogP contribution >= 0.6 is 11.6 Å². The van der Waals surface area contributed by atoms with Crippen molar-refractivity contribution in [2.24, 2.45) is 0 Å². The summed E-state index contributed by atoms with van der Waals surface area (Å²) in [7, 11) is 0. The van der Waals surface area contributed by atoms with E-state index in [-0.39, 0.29) is 0 Å². The molecule has 0 saturated carbocycles. The second-order valence-corrected chi connectivity index (χ2v) is 7.07. The molecule has 2 heterocycles. The fraction of sp³-hybridized carbons (Fsp3) is 0.611. The van der Waals surface area contributed by atoms with Gasteiger partial charge in [0.1, 0.15) is 11.9 Å².